The molecule has 0 radical (unpaired) electrons. The molecule has 6 heteroatoms. The van der Waals surface area contributed by atoms with Crippen LogP contribution in [-0.2, 0) is 10.8 Å². The van der Waals surface area contributed by atoms with Crippen LogP contribution in [0.5, 0.6) is 0 Å². The van der Waals surface area contributed by atoms with Gasteiger partial charge in [0.15, 0.2) is 0 Å². The molecule has 3 aromatic rings. The topological polar surface area (TPSA) is 55.7 Å². The van der Waals surface area contributed by atoms with Crippen LogP contribution in [0.1, 0.15) is 0 Å². The maximum absolute atomic E-state index is 11.9. The molecule has 1 atom stereocenters. The molecule has 1 aromatic carbocycles. The van der Waals surface area contributed by atoms with Gasteiger partial charge in [-0.2, -0.15) is 0 Å². The molecule has 0 saturated heterocycles. The number of hydrogen-bond acceptors (Lipinski definition) is 4. The second kappa shape index (κ2) is 5.26. The largest absolute Gasteiger partial charge is 0.255 e. The number of pyridine rings is 1. The van der Waals surface area contributed by atoms with Gasteiger partial charge in [-0.3, -0.25) is 9.19 Å². The summed E-state index contributed by atoms with van der Waals surface area (Å²) in [6.07, 6.45) is 3.27. The lowest BCUT2D eigenvalue weighted by Gasteiger charge is -2.08. The molecule has 3 rings (SSSR count). The van der Waals surface area contributed by atoms with Gasteiger partial charge in [-0.25, -0.2) is 9.97 Å². The van der Waals surface area contributed by atoms with E-state index in [1.54, 1.807) is 24.6 Å². The summed E-state index contributed by atoms with van der Waals surface area (Å²) in [6, 6.07) is 11.1. The third kappa shape index (κ3) is 2.30. The van der Waals surface area contributed by atoms with Gasteiger partial charge >= 0.3 is 0 Å². The number of benzene rings is 1. The first kappa shape index (κ1) is 13.1. The van der Waals surface area contributed by atoms with E-state index in [0.29, 0.717) is 16.3 Å². The smallest absolute Gasteiger partial charge is 0.223 e. The first-order valence-corrected chi connectivity index (χ1v) is 7.81. The Hall–Kier alpha value is -1.85. The van der Waals surface area contributed by atoms with Crippen molar-refractivity contribution < 1.29 is 4.21 Å². The Kier molecular flexibility index (Phi) is 3.46. The highest BCUT2D eigenvalue weighted by Crippen LogP contribution is 2.29. The summed E-state index contributed by atoms with van der Waals surface area (Å²) in [6.45, 7) is 0. The summed E-state index contributed by atoms with van der Waals surface area (Å²) in [5.74, 6) is 0. The highest BCUT2D eigenvalue weighted by Gasteiger charge is 2.15. The Morgan fingerprint density at radius 3 is 2.65 bits per heavy atom. The van der Waals surface area contributed by atoms with Gasteiger partial charge in [-0.05, 0) is 29.8 Å². The van der Waals surface area contributed by atoms with Crippen LogP contribution in [-0.4, -0.2) is 25.4 Å². The Bertz CT molecular complexity index is 822. The minimum absolute atomic E-state index is 0.150. The molecule has 20 heavy (non-hydrogen) atoms. The number of fused-ring (bicyclic) bond motifs is 1. The molecule has 0 aliphatic rings. The molecular formula is C14H10ClN3OS. The monoisotopic (exact) mass is 303 g/mol. The molecule has 4 nitrogen and oxygen atoms in total. The predicted molar refractivity (Wildman–Crippen MR) is 80.1 cm³/mol. The van der Waals surface area contributed by atoms with Crippen molar-refractivity contribution in [1.29, 1.82) is 0 Å². The van der Waals surface area contributed by atoms with E-state index in [-0.39, 0.29) is 5.28 Å². The summed E-state index contributed by atoms with van der Waals surface area (Å²) >= 11 is 5.98. The molecule has 0 amide bonds. The zero-order valence-corrected chi connectivity index (χ0v) is 12.1. The lowest BCUT2D eigenvalue weighted by Crippen LogP contribution is -1.98. The average Bonchev–Trinajstić information content (AvgIpc) is 2.46. The zero-order valence-electron chi connectivity index (χ0n) is 10.6. The van der Waals surface area contributed by atoms with Crippen molar-refractivity contribution in [3.05, 3.63) is 47.9 Å². The lowest BCUT2D eigenvalue weighted by atomic mass is 10.1. The van der Waals surface area contributed by atoms with Crippen LogP contribution in [0.2, 0.25) is 5.28 Å². The SMILES string of the molecule is CS(=O)c1cccnc1-c1nc(Cl)nc2ccccc12. The molecule has 0 fully saturated rings. The minimum Gasteiger partial charge on any atom is -0.255 e. The van der Waals surface area contributed by atoms with Crippen LogP contribution in [0, 0.1) is 0 Å². The molecule has 0 saturated carbocycles. The van der Waals surface area contributed by atoms with E-state index in [9.17, 15) is 4.21 Å². The van der Waals surface area contributed by atoms with Crippen molar-refractivity contribution in [2.75, 3.05) is 6.26 Å². The Morgan fingerprint density at radius 2 is 1.85 bits per heavy atom. The van der Waals surface area contributed by atoms with Gasteiger partial charge in [0.2, 0.25) is 5.28 Å². The summed E-state index contributed by atoms with van der Waals surface area (Å²) in [7, 11) is -1.16. The number of para-hydroxylation sites is 1. The average molecular weight is 304 g/mol. The van der Waals surface area contributed by atoms with Crippen molar-refractivity contribution in [2.45, 2.75) is 4.90 Å². The van der Waals surface area contributed by atoms with Crippen molar-refractivity contribution >= 4 is 33.3 Å². The highest BCUT2D eigenvalue weighted by atomic mass is 35.5. The van der Waals surface area contributed by atoms with E-state index in [0.717, 1.165) is 10.9 Å². The van der Waals surface area contributed by atoms with Gasteiger partial charge in [0, 0.05) is 17.8 Å². The van der Waals surface area contributed by atoms with Crippen LogP contribution in [0.25, 0.3) is 22.3 Å². The summed E-state index contributed by atoms with van der Waals surface area (Å²) in [5, 5.41) is 0.986. The van der Waals surface area contributed by atoms with Crippen molar-refractivity contribution in [3.63, 3.8) is 0 Å². The fourth-order valence-electron chi connectivity index (χ4n) is 2.03. The molecule has 0 N–H and O–H groups in total. The van der Waals surface area contributed by atoms with Crippen molar-refractivity contribution in [1.82, 2.24) is 15.0 Å². The number of halogens is 1. The number of aromatic nitrogens is 3. The third-order valence-electron chi connectivity index (χ3n) is 2.88. The molecule has 0 bridgehead atoms. The van der Waals surface area contributed by atoms with E-state index in [1.807, 2.05) is 24.3 Å². The molecule has 0 aliphatic carbocycles. The maximum Gasteiger partial charge on any atom is 0.223 e. The molecular weight excluding hydrogens is 294 g/mol. The molecule has 0 spiro atoms. The standard InChI is InChI=1S/C14H10ClN3OS/c1-20(19)11-7-4-8-16-13(11)12-9-5-2-3-6-10(9)17-14(15)18-12/h2-8H,1H3. The van der Waals surface area contributed by atoms with Crippen LogP contribution in [0.4, 0.5) is 0 Å². The van der Waals surface area contributed by atoms with Crippen LogP contribution in [0.15, 0.2) is 47.5 Å². The van der Waals surface area contributed by atoms with Gasteiger partial charge in [0.25, 0.3) is 0 Å². The normalized spacial score (nSPS) is 12.5. The Balaban J connectivity index is 2.38. The summed E-state index contributed by atoms with van der Waals surface area (Å²) in [4.78, 5) is 13.4. The first-order valence-electron chi connectivity index (χ1n) is 5.88. The van der Waals surface area contributed by atoms with Gasteiger partial charge in [-0.15, -0.1) is 0 Å². The molecule has 1 unspecified atom stereocenters. The zero-order chi connectivity index (χ0) is 14.1. The van der Waals surface area contributed by atoms with E-state index in [1.165, 1.54) is 0 Å². The predicted octanol–water partition coefficient (Wildman–Crippen LogP) is 3.08. The maximum atomic E-state index is 11.9. The van der Waals surface area contributed by atoms with Gasteiger partial charge in [0.05, 0.1) is 21.2 Å². The highest BCUT2D eigenvalue weighted by molar-refractivity contribution is 7.84. The molecule has 0 aliphatic heterocycles. The minimum atomic E-state index is -1.16. The number of hydrogen-bond donors (Lipinski definition) is 0. The van der Waals surface area contributed by atoms with Crippen LogP contribution >= 0.6 is 11.6 Å². The second-order valence-electron chi connectivity index (χ2n) is 4.16. The molecule has 100 valence electrons. The number of nitrogens with zero attached hydrogens (tertiary/aromatic N) is 3. The van der Waals surface area contributed by atoms with Crippen LogP contribution < -0.4 is 0 Å². The fraction of sp³-hybridized carbons (Fsp3) is 0.0714. The number of rotatable bonds is 2. The third-order valence-corrected chi connectivity index (χ3v) is 4.00. The van der Waals surface area contributed by atoms with Gasteiger partial charge in [0.1, 0.15) is 11.4 Å². The van der Waals surface area contributed by atoms with Crippen molar-refractivity contribution in [2.24, 2.45) is 0 Å². The Labute approximate surface area is 123 Å². The quantitative estimate of drug-likeness (QED) is 0.683. The van der Waals surface area contributed by atoms with Gasteiger partial charge in [-0.1, -0.05) is 18.2 Å². The Morgan fingerprint density at radius 1 is 1.05 bits per heavy atom. The first-order chi connectivity index (χ1) is 9.66. The lowest BCUT2D eigenvalue weighted by molar-refractivity contribution is 0.686. The van der Waals surface area contributed by atoms with E-state index < -0.39 is 10.8 Å². The second-order valence-corrected chi connectivity index (χ2v) is 5.85. The molecule has 2 heterocycles. The summed E-state index contributed by atoms with van der Waals surface area (Å²) in [5.41, 5.74) is 1.92. The molecule has 2 aromatic heterocycles. The van der Waals surface area contributed by atoms with Crippen LogP contribution in [0.3, 0.4) is 0 Å². The van der Waals surface area contributed by atoms with E-state index in [4.69, 9.17) is 11.6 Å². The van der Waals surface area contributed by atoms with Crippen molar-refractivity contribution in [3.8, 4) is 11.4 Å². The van der Waals surface area contributed by atoms with Gasteiger partial charge < -0.3 is 0 Å². The fourth-order valence-corrected chi connectivity index (χ4v) is 2.90. The van der Waals surface area contributed by atoms with E-state index in [2.05, 4.69) is 15.0 Å². The summed E-state index contributed by atoms with van der Waals surface area (Å²) < 4.78 is 11.9. The van der Waals surface area contributed by atoms with E-state index >= 15 is 0 Å².